The maximum Gasteiger partial charge on any atom is 0.279 e. The Kier molecular flexibility index (Phi) is 5.99. The van der Waals surface area contributed by atoms with E-state index in [-0.39, 0.29) is 10.8 Å². The van der Waals surface area contributed by atoms with Crippen molar-refractivity contribution in [1.29, 1.82) is 0 Å². The number of sulfonamides is 1. The molecule has 7 heteroatoms. The molecule has 0 spiro atoms. The Hall–Kier alpha value is -2.22. The van der Waals surface area contributed by atoms with Crippen LogP contribution < -0.4 is 10.2 Å². The first-order valence-electron chi connectivity index (χ1n) is 10.3. The highest BCUT2D eigenvalue weighted by molar-refractivity contribution is 7.89. The molecular weight excluding hydrogens is 386 g/mol. The minimum absolute atomic E-state index is 0.0500. The number of nitrogens with zero attached hydrogens (tertiary/aromatic N) is 1. The van der Waals surface area contributed by atoms with Gasteiger partial charge in [0, 0.05) is 30.8 Å². The molecule has 4 rings (SSSR count). The minimum Gasteiger partial charge on any atom is -0.323 e. The van der Waals surface area contributed by atoms with E-state index in [0.717, 1.165) is 38.8 Å². The van der Waals surface area contributed by atoms with Crippen molar-refractivity contribution in [3.8, 4) is 0 Å². The van der Waals surface area contributed by atoms with Gasteiger partial charge in [0.1, 0.15) is 6.54 Å². The summed E-state index contributed by atoms with van der Waals surface area (Å²) in [6.07, 6.45) is 3.90. The molecule has 0 bridgehead atoms. The Bertz CT molecular complexity index is 967. The number of piperidine rings is 1. The van der Waals surface area contributed by atoms with Crippen molar-refractivity contribution in [2.24, 2.45) is 0 Å². The molecule has 154 valence electrons. The van der Waals surface area contributed by atoms with E-state index in [1.165, 1.54) is 16.0 Å². The van der Waals surface area contributed by atoms with Crippen LogP contribution >= 0.6 is 0 Å². The lowest BCUT2D eigenvalue weighted by Crippen LogP contribution is -3.12. The summed E-state index contributed by atoms with van der Waals surface area (Å²) in [6.45, 7) is 3.38. The lowest BCUT2D eigenvalue weighted by molar-refractivity contribution is -0.907. The fourth-order valence-electron chi connectivity index (χ4n) is 4.19. The van der Waals surface area contributed by atoms with Crippen LogP contribution in [0.25, 0.3) is 0 Å². The van der Waals surface area contributed by atoms with E-state index in [1.54, 1.807) is 28.6 Å². The van der Waals surface area contributed by atoms with E-state index in [0.29, 0.717) is 25.3 Å². The molecule has 0 saturated carbocycles. The van der Waals surface area contributed by atoms with Gasteiger partial charge in [-0.25, -0.2) is 8.42 Å². The maximum absolute atomic E-state index is 12.7. The third kappa shape index (κ3) is 4.69. The normalized spacial score (nSPS) is 20.1. The van der Waals surface area contributed by atoms with E-state index < -0.39 is 10.0 Å². The van der Waals surface area contributed by atoms with Gasteiger partial charge in [0.25, 0.3) is 5.91 Å². The van der Waals surface area contributed by atoms with Crippen molar-refractivity contribution in [3.05, 3.63) is 59.7 Å². The summed E-state index contributed by atoms with van der Waals surface area (Å²) >= 11 is 0. The number of hydrogen-bond acceptors (Lipinski definition) is 3. The van der Waals surface area contributed by atoms with Crippen molar-refractivity contribution in [3.63, 3.8) is 0 Å². The Balaban J connectivity index is 1.34. The second-order valence-electron chi connectivity index (χ2n) is 7.91. The summed E-state index contributed by atoms with van der Waals surface area (Å²) in [5.41, 5.74) is 3.32. The molecule has 0 aliphatic carbocycles. The van der Waals surface area contributed by atoms with Gasteiger partial charge >= 0.3 is 0 Å². The van der Waals surface area contributed by atoms with Crippen LogP contribution in [0.5, 0.6) is 0 Å². The number of hydrogen-bond donors (Lipinski definition) is 2. The first-order valence-corrected chi connectivity index (χ1v) is 11.8. The van der Waals surface area contributed by atoms with Gasteiger partial charge in [0.2, 0.25) is 10.0 Å². The number of carbonyl (C=O) groups excluding carboxylic acids is 1. The van der Waals surface area contributed by atoms with E-state index in [2.05, 4.69) is 23.5 Å². The van der Waals surface area contributed by atoms with E-state index in [1.807, 2.05) is 6.07 Å². The average Bonchev–Trinajstić information content (AvgIpc) is 2.74. The Morgan fingerprint density at radius 2 is 1.66 bits per heavy atom. The molecule has 0 aromatic heterocycles. The molecule has 2 heterocycles. The second-order valence-corrected chi connectivity index (χ2v) is 9.85. The van der Waals surface area contributed by atoms with Gasteiger partial charge in [-0.05, 0) is 42.7 Å². The summed E-state index contributed by atoms with van der Waals surface area (Å²) in [5, 5.41) is 2.90. The highest BCUT2D eigenvalue weighted by Gasteiger charge is 2.26. The predicted molar refractivity (Wildman–Crippen MR) is 112 cm³/mol. The molecule has 29 heavy (non-hydrogen) atoms. The van der Waals surface area contributed by atoms with Crippen molar-refractivity contribution in [2.75, 3.05) is 31.5 Å². The van der Waals surface area contributed by atoms with Crippen LogP contribution in [0.4, 0.5) is 5.69 Å². The number of amides is 1. The number of fused-ring (bicyclic) bond motifs is 1. The first-order chi connectivity index (χ1) is 14.0. The molecule has 2 N–H and O–H groups in total. The van der Waals surface area contributed by atoms with Gasteiger partial charge in [-0.15, -0.1) is 0 Å². The monoisotopic (exact) mass is 414 g/mol. The van der Waals surface area contributed by atoms with Crippen LogP contribution in [0.3, 0.4) is 0 Å². The van der Waals surface area contributed by atoms with Crippen LogP contribution in [-0.2, 0) is 27.8 Å². The predicted octanol–water partition coefficient (Wildman–Crippen LogP) is 1.44. The van der Waals surface area contributed by atoms with Gasteiger partial charge in [-0.3, -0.25) is 4.79 Å². The molecule has 2 aliphatic rings. The van der Waals surface area contributed by atoms with Crippen LogP contribution in [0.15, 0.2) is 53.4 Å². The number of nitrogens with one attached hydrogen (secondary N) is 2. The topological polar surface area (TPSA) is 70.9 Å². The minimum atomic E-state index is -3.44. The summed E-state index contributed by atoms with van der Waals surface area (Å²) < 4.78 is 27.0. The highest BCUT2D eigenvalue weighted by Crippen LogP contribution is 2.22. The van der Waals surface area contributed by atoms with E-state index in [4.69, 9.17) is 0 Å². The molecule has 0 radical (unpaired) electrons. The summed E-state index contributed by atoms with van der Waals surface area (Å²) in [5.74, 6) is -0.0500. The third-order valence-electron chi connectivity index (χ3n) is 5.81. The molecule has 1 fully saturated rings. The Labute approximate surface area is 172 Å². The largest absolute Gasteiger partial charge is 0.323 e. The van der Waals surface area contributed by atoms with Crippen LogP contribution in [0.2, 0.25) is 0 Å². The fraction of sp³-hybridized carbons (Fsp3) is 0.409. The maximum atomic E-state index is 12.7. The molecule has 2 aromatic carbocycles. The van der Waals surface area contributed by atoms with Crippen LogP contribution in [0, 0.1) is 0 Å². The summed E-state index contributed by atoms with van der Waals surface area (Å²) in [7, 11) is -3.44. The lowest BCUT2D eigenvalue weighted by Gasteiger charge is -2.26. The number of quaternary nitrogens is 1. The number of rotatable bonds is 5. The van der Waals surface area contributed by atoms with Crippen molar-refractivity contribution in [2.45, 2.75) is 37.1 Å². The zero-order valence-corrected chi connectivity index (χ0v) is 17.4. The van der Waals surface area contributed by atoms with Crippen molar-refractivity contribution >= 4 is 21.6 Å². The average molecular weight is 415 g/mol. The lowest BCUT2D eigenvalue weighted by atomic mass is 10.00. The second kappa shape index (κ2) is 8.65. The van der Waals surface area contributed by atoms with Crippen molar-refractivity contribution < 1.29 is 18.1 Å². The first kappa shape index (κ1) is 20.1. The van der Waals surface area contributed by atoms with Gasteiger partial charge in [-0.1, -0.05) is 30.7 Å². The van der Waals surface area contributed by atoms with Gasteiger partial charge < -0.3 is 10.2 Å². The zero-order chi connectivity index (χ0) is 20.3. The van der Waals surface area contributed by atoms with Gasteiger partial charge in [0.05, 0.1) is 11.4 Å². The zero-order valence-electron chi connectivity index (χ0n) is 16.6. The molecule has 6 nitrogen and oxygen atoms in total. The highest BCUT2D eigenvalue weighted by atomic mass is 32.2. The van der Waals surface area contributed by atoms with E-state index in [9.17, 15) is 13.2 Å². The molecule has 1 amide bonds. The van der Waals surface area contributed by atoms with Gasteiger partial charge in [-0.2, -0.15) is 4.31 Å². The quantitative estimate of drug-likeness (QED) is 0.778. The third-order valence-corrected chi connectivity index (χ3v) is 7.72. The SMILES string of the molecule is O=C(C[NH+]1CCc2ccccc2C1)Nc1ccc(S(=O)(=O)N2CCCCC2)cc1. The summed E-state index contributed by atoms with van der Waals surface area (Å²) in [6, 6.07) is 14.9. The van der Waals surface area contributed by atoms with Crippen LogP contribution in [-0.4, -0.2) is 44.8 Å². The number of anilines is 1. The molecular formula is C22H28N3O3S+. The number of benzene rings is 2. The number of carbonyl (C=O) groups is 1. The molecule has 1 atom stereocenters. The molecule has 1 unspecified atom stereocenters. The molecule has 2 aliphatic heterocycles. The van der Waals surface area contributed by atoms with Crippen LogP contribution in [0.1, 0.15) is 30.4 Å². The Morgan fingerprint density at radius 1 is 0.966 bits per heavy atom. The molecule has 1 saturated heterocycles. The van der Waals surface area contributed by atoms with Gasteiger partial charge in [0.15, 0.2) is 6.54 Å². The van der Waals surface area contributed by atoms with E-state index >= 15 is 0 Å². The molecule has 2 aromatic rings. The summed E-state index contributed by atoms with van der Waals surface area (Å²) in [4.78, 5) is 14.0. The smallest absolute Gasteiger partial charge is 0.279 e. The fourth-order valence-corrected chi connectivity index (χ4v) is 5.71. The van der Waals surface area contributed by atoms with Crippen molar-refractivity contribution in [1.82, 2.24) is 4.31 Å². The standard InChI is InChI=1S/C22H27N3O3S/c26-22(17-24-15-12-18-6-2-3-7-19(18)16-24)23-20-8-10-21(11-9-20)29(27,28)25-13-4-1-5-14-25/h2-3,6-11H,1,4-5,12-17H2,(H,23,26)/p+1. The Morgan fingerprint density at radius 3 is 2.38 bits per heavy atom.